The molecular formula is C20H17ClN4O3. The second-order valence-electron chi connectivity index (χ2n) is 5.78. The highest BCUT2D eigenvalue weighted by Gasteiger charge is 2.13. The second-order valence-corrected chi connectivity index (χ2v) is 6.18. The van der Waals surface area contributed by atoms with E-state index in [4.69, 9.17) is 11.6 Å². The van der Waals surface area contributed by atoms with Gasteiger partial charge < -0.3 is 15.4 Å². The molecule has 0 bridgehead atoms. The molecular weight excluding hydrogens is 380 g/mol. The number of rotatable bonds is 6. The van der Waals surface area contributed by atoms with Gasteiger partial charge in [-0.05, 0) is 36.4 Å². The van der Waals surface area contributed by atoms with Crippen LogP contribution in [0.1, 0.15) is 26.4 Å². The Kier molecular flexibility index (Phi) is 6.18. The maximum absolute atomic E-state index is 12.6. The third-order valence-corrected chi connectivity index (χ3v) is 4.17. The van der Waals surface area contributed by atoms with Crippen molar-refractivity contribution in [2.24, 2.45) is 0 Å². The van der Waals surface area contributed by atoms with Gasteiger partial charge in [-0.1, -0.05) is 17.7 Å². The number of pyridine rings is 2. The summed E-state index contributed by atoms with van der Waals surface area (Å²) >= 11 is 6.12. The quantitative estimate of drug-likeness (QED) is 0.616. The Morgan fingerprint density at radius 2 is 1.96 bits per heavy atom. The van der Waals surface area contributed by atoms with Crippen molar-refractivity contribution in [2.45, 2.75) is 6.54 Å². The number of esters is 1. The zero-order valence-corrected chi connectivity index (χ0v) is 15.7. The summed E-state index contributed by atoms with van der Waals surface area (Å²) in [4.78, 5) is 32.6. The highest BCUT2D eigenvalue weighted by atomic mass is 35.5. The zero-order valence-electron chi connectivity index (χ0n) is 15.0. The van der Waals surface area contributed by atoms with Gasteiger partial charge in [0.1, 0.15) is 0 Å². The van der Waals surface area contributed by atoms with Crippen LogP contribution in [-0.2, 0) is 11.3 Å². The Morgan fingerprint density at radius 3 is 2.71 bits per heavy atom. The number of nitrogens with one attached hydrogen (secondary N) is 2. The summed E-state index contributed by atoms with van der Waals surface area (Å²) in [6.07, 6.45) is 4.77. The van der Waals surface area contributed by atoms with Gasteiger partial charge >= 0.3 is 5.97 Å². The number of hydrogen-bond donors (Lipinski definition) is 2. The van der Waals surface area contributed by atoms with Gasteiger partial charge in [0.15, 0.2) is 0 Å². The van der Waals surface area contributed by atoms with Crippen molar-refractivity contribution in [1.29, 1.82) is 0 Å². The first-order valence-electron chi connectivity index (χ1n) is 8.35. The molecule has 0 aliphatic rings. The summed E-state index contributed by atoms with van der Waals surface area (Å²) in [6.45, 7) is 0.501. The van der Waals surface area contributed by atoms with Gasteiger partial charge in [-0.3, -0.25) is 14.8 Å². The molecule has 2 heterocycles. The SMILES string of the molecule is COC(=O)c1ccc(Cl)c(NC(=O)c2cncc(NCc3ccccn3)c2)c1. The molecule has 0 aliphatic carbocycles. The maximum Gasteiger partial charge on any atom is 0.337 e. The van der Waals surface area contributed by atoms with E-state index in [1.807, 2.05) is 18.2 Å². The molecule has 3 aromatic rings. The third kappa shape index (κ3) is 4.83. The van der Waals surface area contributed by atoms with E-state index in [1.54, 1.807) is 18.5 Å². The summed E-state index contributed by atoms with van der Waals surface area (Å²) in [6, 6.07) is 11.8. The Labute approximate surface area is 166 Å². The van der Waals surface area contributed by atoms with Gasteiger partial charge in [-0.25, -0.2) is 4.79 Å². The van der Waals surface area contributed by atoms with E-state index in [2.05, 4.69) is 25.3 Å². The van der Waals surface area contributed by atoms with Crippen LogP contribution in [0.4, 0.5) is 11.4 Å². The molecule has 1 aromatic carbocycles. The lowest BCUT2D eigenvalue weighted by atomic mass is 10.2. The molecule has 0 radical (unpaired) electrons. The normalized spacial score (nSPS) is 10.2. The fourth-order valence-electron chi connectivity index (χ4n) is 2.42. The topological polar surface area (TPSA) is 93.2 Å². The van der Waals surface area contributed by atoms with E-state index in [0.717, 1.165) is 5.69 Å². The van der Waals surface area contributed by atoms with E-state index in [9.17, 15) is 9.59 Å². The van der Waals surface area contributed by atoms with Crippen LogP contribution in [0.15, 0.2) is 61.1 Å². The monoisotopic (exact) mass is 396 g/mol. The molecule has 7 nitrogen and oxygen atoms in total. The minimum Gasteiger partial charge on any atom is -0.465 e. The van der Waals surface area contributed by atoms with Crippen molar-refractivity contribution >= 4 is 34.9 Å². The van der Waals surface area contributed by atoms with Crippen LogP contribution in [0.2, 0.25) is 5.02 Å². The number of halogens is 1. The first-order chi connectivity index (χ1) is 13.6. The molecule has 0 spiro atoms. The number of benzene rings is 1. The van der Waals surface area contributed by atoms with Crippen LogP contribution < -0.4 is 10.6 Å². The number of anilines is 2. The minimum atomic E-state index is -0.519. The molecule has 0 aliphatic heterocycles. The number of carbonyl (C=O) groups is 2. The molecule has 0 saturated carbocycles. The Balaban J connectivity index is 1.72. The van der Waals surface area contributed by atoms with Crippen molar-refractivity contribution in [3.05, 3.63) is 82.9 Å². The fraction of sp³-hybridized carbons (Fsp3) is 0.100. The van der Waals surface area contributed by atoms with E-state index in [-0.39, 0.29) is 5.56 Å². The molecule has 0 atom stereocenters. The highest BCUT2D eigenvalue weighted by molar-refractivity contribution is 6.34. The highest BCUT2D eigenvalue weighted by Crippen LogP contribution is 2.24. The Hall–Kier alpha value is -3.45. The summed E-state index contributed by atoms with van der Waals surface area (Å²) < 4.78 is 4.68. The average molecular weight is 397 g/mol. The molecule has 2 N–H and O–H groups in total. The lowest BCUT2D eigenvalue weighted by molar-refractivity contribution is 0.0600. The predicted molar refractivity (Wildman–Crippen MR) is 107 cm³/mol. The molecule has 8 heteroatoms. The predicted octanol–water partition coefficient (Wildman–Crippen LogP) is 3.78. The molecule has 0 saturated heterocycles. The van der Waals surface area contributed by atoms with Crippen LogP contribution in [0, 0.1) is 0 Å². The van der Waals surface area contributed by atoms with E-state index in [0.29, 0.717) is 28.5 Å². The maximum atomic E-state index is 12.6. The molecule has 1 amide bonds. The number of nitrogens with zero attached hydrogens (tertiary/aromatic N) is 2. The van der Waals surface area contributed by atoms with Gasteiger partial charge in [0.2, 0.25) is 0 Å². The van der Waals surface area contributed by atoms with Crippen LogP contribution >= 0.6 is 11.6 Å². The standard InChI is InChI=1S/C20H17ClN4O3/c1-28-20(27)13-5-6-17(21)18(9-13)25-19(26)14-8-16(11-22-10-14)24-12-15-4-2-3-7-23-15/h2-11,24H,12H2,1H3,(H,25,26). The van der Waals surface area contributed by atoms with E-state index in [1.165, 1.54) is 31.5 Å². The number of amides is 1. The number of carbonyl (C=O) groups excluding carboxylic acids is 2. The molecule has 0 unspecified atom stereocenters. The van der Waals surface area contributed by atoms with Gasteiger partial charge in [0.05, 0.1) is 46.9 Å². The second kappa shape index (κ2) is 8.96. The smallest absolute Gasteiger partial charge is 0.337 e. The fourth-order valence-corrected chi connectivity index (χ4v) is 2.58. The molecule has 0 fully saturated rings. The van der Waals surface area contributed by atoms with Crippen molar-refractivity contribution in [2.75, 3.05) is 17.7 Å². The minimum absolute atomic E-state index is 0.283. The van der Waals surface area contributed by atoms with Crippen LogP contribution in [-0.4, -0.2) is 29.0 Å². The summed E-state index contributed by atoms with van der Waals surface area (Å²) in [5, 5.41) is 6.16. The molecule has 2 aromatic heterocycles. The van der Waals surface area contributed by atoms with Gasteiger partial charge in [0.25, 0.3) is 5.91 Å². The third-order valence-electron chi connectivity index (χ3n) is 3.84. The average Bonchev–Trinajstić information content (AvgIpc) is 2.74. The summed E-state index contributed by atoms with van der Waals surface area (Å²) in [7, 11) is 1.28. The first-order valence-corrected chi connectivity index (χ1v) is 8.72. The van der Waals surface area contributed by atoms with Gasteiger partial charge in [-0.15, -0.1) is 0 Å². The lowest BCUT2D eigenvalue weighted by Gasteiger charge is -2.10. The first kappa shape index (κ1) is 19.3. The van der Waals surface area contributed by atoms with Gasteiger partial charge in [-0.2, -0.15) is 0 Å². The van der Waals surface area contributed by atoms with Crippen molar-refractivity contribution in [3.63, 3.8) is 0 Å². The summed E-state index contributed by atoms with van der Waals surface area (Å²) in [5.41, 5.74) is 2.47. The molecule has 28 heavy (non-hydrogen) atoms. The van der Waals surface area contributed by atoms with Crippen molar-refractivity contribution in [1.82, 2.24) is 9.97 Å². The van der Waals surface area contributed by atoms with Crippen LogP contribution in [0.3, 0.4) is 0 Å². The molecule has 142 valence electrons. The zero-order chi connectivity index (χ0) is 19.9. The van der Waals surface area contributed by atoms with Gasteiger partial charge in [0, 0.05) is 18.6 Å². The lowest BCUT2D eigenvalue weighted by Crippen LogP contribution is -2.14. The van der Waals surface area contributed by atoms with Crippen LogP contribution in [0.25, 0.3) is 0 Å². The number of hydrogen-bond acceptors (Lipinski definition) is 6. The largest absolute Gasteiger partial charge is 0.465 e. The molecule has 3 rings (SSSR count). The van der Waals surface area contributed by atoms with E-state index < -0.39 is 11.9 Å². The van der Waals surface area contributed by atoms with Crippen LogP contribution in [0.5, 0.6) is 0 Å². The summed E-state index contributed by atoms with van der Waals surface area (Å²) in [5.74, 6) is -0.924. The number of ether oxygens (including phenoxy) is 1. The Morgan fingerprint density at radius 1 is 1.11 bits per heavy atom. The van der Waals surface area contributed by atoms with E-state index >= 15 is 0 Å². The van der Waals surface area contributed by atoms with Crippen molar-refractivity contribution < 1.29 is 14.3 Å². The Bertz CT molecular complexity index is 996. The van der Waals surface area contributed by atoms with Crippen molar-refractivity contribution in [3.8, 4) is 0 Å². The number of methoxy groups -OCH3 is 1. The number of aromatic nitrogens is 2.